The molecule has 2 N–H and O–H groups in total. The monoisotopic (exact) mass is 583 g/mol. The van der Waals surface area contributed by atoms with Crippen LogP contribution in [0.5, 0.6) is 5.75 Å². The predicted molar refractivity (Wildman–Crippen MR) is 176 cm³/mol. The standard InChI is InChI=1S/C34H45N7O2/c1-6-8-17-43-31-12-9-11-28(20-31)32-14-15-35-34(38-32)37-30-19-26(23-40(5)7-2)18-29(21-30)36-22-27-24-41(25-27)33(42)13-10-16-39(3)4/h6,9-15,18-21,27,36H,1,7-8,16-17,22-25H2,2-5H3,(H,35,37,38)/b13-10+. The van der Waals surface area contributed by atoms with Gasteiger partial charge < -0.3 is 30.1 Å². The Balaban J connectivity index is 1.42. The average molecular weight is 584 g/mol. The van der Waals surface area contributed by atoms with Crippen LogP contribution in [0, 0.1) is 5.92 Å². The van der Waals surface area contributed by atoms with Gasteiger partial charge in [-0.25, -0.2) is 9.97 Å². The van der Waals surface area contributed by atoms with Crippen LogP contribution in [0.3, 0.4) is 0 Å². The number of hydrogen-bond donors (Lipinski definition) is 2. The summed E-state index contributed by atoms with van der Waals surface area (Å²) < 4.78 is 5.83. The topological polar surface area (TPSA) is 85.9 Å². The largest absolute Gasteiger partial charge is 0.493 e. The Labute approximate surface area is 256 Å². The maximum Gasteiger partial charge on any atom is 0.246 e. The van der Waals surface area contributed by atoms with E-state index in [1.165, 1.54) is 5.56 Å². The number of carbonyl (C=O) groups excluding carboxylic acids is 1. The van der Waals surface area contributed by atoms with E-state index in [1.807, 2.05) is 66.4 Å². The highest BCUT2D eigenvalue weighted by Crippen LogP contribution is 2.26. The second kappa shape index (κ2) is 15.9. The molecule has 228 valence electrons. The number of carbonyl (C=O) groups is 1. The zero-order chi connectivity index (χ0) is 30.6. The lowest BCUT2D eigenvalue weighted by Crippen LogP contribution is -2.51. The van der Waals surface area contributed by atoms with Crippen molar-refractivity contribution in [3.63, 3.8) is 0 Å². The van der Waals surface area contributed by atoms with E-state index in [1.54, 1.807) is 12.3 Å². The van der Waals surface area contributed by atoms with E-state index >= 15 is 0 Å². The highest BCUT2D eigenvalue weighted by molar-refractivity contribution is 5.88. The molecule has 1 aliphatic heterocycles. The minimum atomic E-state index is 0.0864. The summed E-state index contributed by atoms with van der Waals surface area (Å²) in [6, 6.07) is 16.3. The molecule has 43 heavy (non-hydrogen) atoms. The number of benzene rings is 2. The predicted octanol–water partition coefficient (Wildman–Crippen LogP) is 5.28. The Morgan fingerprint density at radius 3 is 2.72 bits per heavy atom. The van der Waals surface area contributed by atoms with Crippen LogP contribution >= 0.6 is 0 Å². The van der Waals surface area contributed by atoms with Crippen LogP contribution in [-0.4, -0.2) is 91.0 Å². The van der Waals surface area contributed by atoms with E-state index in [9.17, 15) is 4.79 Å². The van der Waals surface area contributed by atoms with Gasteiger partial charge >= 0.3 is 0 Å². The number of amides is 1. The summed E-state index contributed by atoms with van der Waals surface area (Å²) in [7, 11) is 6.09. The molecule has 9 heteroatoms. The van der Waals surface area contributed by atoms with Crippen molar-refractivity contribution in [1.82, 2.24) is 24.7 Å². The molecule has 0 aliphatic carbocycles. The summed E-state index contributed by atoms with van der Waals surface area (Å²) in [5.74, 6) is 1.83. The van der Waals surface area contributed by atoms with Crippen LogP contribution < -0.4 is 15.4 Å². The van der Waals surface area contributed by atoms with Crippen LogP contribution in [0.15, 0.2) is 79.5 Å². The fourth-order valence-corrected chi connectivity index (χ4v) is 4.71. The summed E-state index contributed by atoms with van der Waals surface area (Å²) in [5, 5.41) is 7.03. The number of anilines is 3. The van der Waals surface area contributed by atoms with Gasteiger partial charge in [0.25, 0.3) is 0 Å². The van der Waals surface area contributed by atoms with Gasteiger partial charge in [0.05, 0.1) is 12.3 Å². The zero-order valence-electron chi connectivity index (χ0n) is 25.9. The summed E-state index contributed by atoms with van der Waals surface area (Å²) >= 11 is 0. The Bertz CT molecular complexity index is 1380. The van der Waals surface area contributed by atoms with E-state index in [0.717, 1.165) is 74.1 Å². The van der Waals surface area contributed by atoms with Gasteiger partial charge in [0.2, 0.25) is 11.9 Å². The van der Waals surface area contributed by atoms with Crippen LogP contribution in [-0.2, 0) is 11.3 Å². The van der Waals surface area contributed by atoms with Gasteiger partial charge in [0, 0.05) is 67.9 Å². The molecule has 1 amide bonds. The molecule has 2 heterocycles. The fraction of sp³-hybridized carbons (Fsp3) is 0.382. The number of likely N-dealkylation sites (tertiary alicyclic amines) is 1. The number of ether oxygens (including phenoxy) is 1. The van der Waals surface area contributed by atoms with Crippen LogP contribution in [0.25, 0.3) is 11.3 Å². The lowest BCUT2D eigenvalue weighted by atomic mass is 9.99. The van der Waals surface area contributed by atoms with Crippen molar-refractivity contribution in [1.29, 1.82) is 0 Å². The highest BCUT2D eigenvalue weighted by atomic mass is 16.5. The Kier molecular flexibility index (Phi) is 11.7. The molecule has 1 aliphatic rings. The third-order valence-corrected chi connectivity index (χ3v) is 7.21. The molecule has 0 radical (unpaired) electrons. The Morgan fingerprint density at radius 2 is 1.95 bits per heavy atom. The van der Waals surface area contributed by atoms with Crippen LogP contribution in [0.1, 0.15) is 18.9 Å². The maximum absolute atomic E-state index is 12.4. The maximum atomic E-state index is 12.4. The lowest BCUT2D eigenvalue weighted by Gasteiger charge is -2.39. The van der Waals surface area contributed by atoms with Gasteiger partial charge in [-0.3, -0.25) is 4.79 Å². The molecule has 0 atom stereocenters. The summed E-state index contributed by atoms with van der Waals surface area (Å²) in [6.07, 6.45) is 8.00. The number of likely N-dealkylation sites (N-methyl/N-ethyl adjacent to an activating group) is 1. The van der Waals surface area contributed by atoms with Crippen molar-refractivity contribution in [3.8, 4) is 17.0 Å². The van der Waals surface area contributed by atoms with E-state index < -0.39 is 0 Å². The van der Waals surface area contributed by atoms with Crippen LogP contribution in [0.4, 0.5) is 17.3 Å². The Hall–Kier alpha value is -4.21. The average Bonchev–Trinajstić information content (AvgIpc) is 2.96. The fourth-order valence-electron chi connectivity index (χ4n) is 4.71. The molecule has 1 aromatic heterocycles. The summed E-state index contributed by atoms with van der Waals surface area (Å²) in [6.45, 7) is 11.4. The van der Waals surface area contributed by atoms with Crippen molar-refractivity contribution in [2.45, 2.75) is 19.9 Å². The molecule has 2 aromatic carbocycles. The molecule has 9 nitrogen and oxygen atoms in total. The molecular formula is C34H45N7O2. The smallest absolute Gasteiger partial charge is 0.246 e. The van der Waals surface area contributed by atoms with Crippen molar-refractivity contribution < 1.29 is 9.53 Å². The number of aromatic nitrogens is 2. The molecule has 1 saturated heterocycles. The molecule has 3 aromatic rings. The van der Waals surface area contributed by atoms with Gasteiger partial charge in [0.1, 0.15) is 5.75 Å². The van der Waals surface area contributed by atoms with Crippen molar-refractivity contribution in [2.75, 3.05) is 71.1 Å². The van der Waals surface area contributed by atoms with E-state index in [4.69, 9.17) is 9.72 Å². The van der Waals surface area contributed by atoms with Crippen molar-refractivity contribution in [3.05, 3.63) is 85.1 Å². The molecule has 0 saturated carbocycles. The lowest BCUT2D eigenvalue weighted by molar-refractivity contribution is -0.131. The minimum Gasteiger partial charge on any atom is -0.493 e. The first-order valence-corrected chi connectivity index (χ1v) is 14.9. The first kappa shape index (κ1) is 31.7. The summed E-state index contributed by atoms with van der Waals surface area (Å²) in [5.41, 5.74) is 4.91. The molecule has 0 unspecified atom stereocenters. The molecule has 1 fully saturated rings. The van der Waals surface area contributed by atoms with E-state index in [0.29, 0.717) is 18.5 Å². The quantitative estimate of drug-likeness (QED) is 0.134. The third-order valence-electron chi connectivity index (χ3n) is 7.21. The molecule has 4 rings (SSSR count). The first-order chi connectivity index (χ1) is 20.8. The molecule has 0 spiro atoms. The van der Waals surface area contributed by atoms with Gasteiger partial charge in [-0.15, -0.1) is 6.58 Å². The summed E-state index contributed by atoms with van der Waals surface area (Å²) in [4.78, 5) is 27.9. The SMILES string of the molecule is C=CCCOc1cccc(-c2ccnc(Nc3cc(CN(C)CC)cc(NCC4CN(C(=O)/C=C/CN(C)C)C4)c3)n2)c1. The number of nitrogens with zero attached hydrogens (tertiary/aromatic N) is 5. The molecular weight excluding hydrogens is 538 g/mol. The Morgan fingerprint density at radius 1 is 1.14 bits per heavy atom. The number of nitrogens with one attached hydrogen (secondary N) is 2. The van der Waals surface area contributed by atoms with Gasteiger partial charge in [-0.2, -0.15) is 0 Å². The van der Waals surface area contributed by atoms with Crippen LogP contribution in [0.2, 0.25) is 0 Å². The van der Waals surface area contributed by atoms with Crippen molar-refractivity contribution in [2.24, 2.45) is 5.92 Å². The van der Waals surface area contributed by atoms with Gasteiger partial charge in [-0.1, -0.05) is 31.2 Å². The zero-order valence-corrected chi connectivity index (χ0v) is 25.9. The highest BCUT2D eigenvalue weighted by Gasteiger charge is 2.29. The normalized spacial score (nSPS) is 13.4. The third kappa shape index (κ3) is 9.94. The minimum absolute atomic E-state index is 0.0864. The molecule has 0 bridgehead atoms. The second-order valence-electron chi connectivity index (χ2n) is 11.2. The second-order valence-corrected chi connectivity index (χ2v) is 11.2. The number of rotatable bonds is 16. The van der Waals surface area contributed by atoms with E-state index in [-0.39, 0.29) is 5.91 Å². The van der Waals surface area contributed by atoms with Gasteiger partial charge in [-0.05, 0) is 76.1 Å². The number of hydrogen-bond acceptors (Lipinski definition) is 8. The van der Waals surface area contributed by atoms with Gasteiger partial charge in [0.15, 0.2) is 0 Å². The first-order valence-electron chi connectivity index (χ1n) is 14.9. The van der Waals surface area contributed by atoms with E-state index in [2.05, 4.69) is 59.3 Å². The van der Waals surface area contributed by atoms with Crippen molar-refractivity contribution >= 4 is 23.2 Å².